The highest BCUT2D eigenvalue weighted by Crippen LogP contribution is 2.46. The summed E-state index contributed by atoms with van der Waals surface area (Å²) in [5.74, 6) is 1.80. The molecule has 0 bridgehead atoms. The first kappa shape index (κ1) is 23.0. The lowest BCUT2D eigenvalue weighted by Gasteiger charge is -2.30. The molecule has 0 fully saturated rings. The molecule has 4 heteroatoms. The van der Waals surface area contributed by atoms with Gasteiger partial charge in [-0.3, -0.25) is 0 Å². The third-order valence-corrected chi connectivity index (χ3v) is 5.15. The van der Waals surface area contributed by atoms with Gasteiger partial charge in [0.15, 0.2) is 11.6 Å². The summed E-state index contributed by atoms with van der Waals surface area (Å²) in [6.45, 7) is 14.6. The van der Waals surface area contributed by atoms with Gasteiger partial charge in [0.1, 0.15) is 6.17 Å². The third kappa shape index (κ3) is 4.35. The minimum Gasteiger partial charge on any atom is -0.302 e. The van der Waals surface area contributed by atoms with E-state index in [4.69, 9.17) is 9.97 Å². The number of hydrogen-bond acceptors (Lipinski definition) is 4. The van der Waals surface area contributed by atoms with Gasteiger partial charge in [-0.2, -0.15) is 0 Å². The van der Waals surface area contributed by atoms with Crippen LogP contribution >= 0.6 is 0 Å². The van der Waals surface area contributed by atoms with Crippen molar-refractivity contribution in [1.29, 1.82) is 0 Å². The van der Waals surface area contributed by atoms with Crippen molar-refractivity contribution in [2.45, 2.75) is 40.3 Å². The normalized spacial score (nSPS) is 14.2. The van der Waals surface area contributed by atoms with Crippen LogP contribution in [0.2, 0.25) is 0 Å². The van der Waals surface area contributed by atoms with Gasteiger partial charge in [-0.1, -0.05) is 68.8 Å². The van der Waals surface area contributed by atoms with Gasteiger partial charge in [-0.15, -0.1) is 13.2 Å². The van der Waals surface area contributed by atoms with Crippen LogP contribution in [0, 0.1) is 6.92 Å². The van der Waals surface area contributed by atoms with Crippen LogP contribution in [-0.4, -0.2) is 16.1 Å². The first-order valence-electron chi connectivity index (χ1n) is 11.1. The van der Waals surface area contributed by atoms with Gasteiger partial charge in [0.2, 0.25) is 0 Å². The van der Waals surface area contributed by atoms with Crippen LogP contribution < -0.4 is 9.80 Å². The molecular weight excluding hydrogens is 392 g/mol. The van der Waals surface area contributed by atoms with Gasteiger partial charge < -0.3 is 9.80 Å². The largest absolute Gasteiger partial charge is 0.302 e. The highest BCUT2D eigenvalue weighted by molar-refractivity contribution is 5.89. The molecule has 1 atom stereocenters. The summed E-state index contributed by atoms with van der Waals surface area (Å²) in [5, 5.41) is 0. The Bertz CT molecular complexity index is 1160. The van der Waals surface area contributed by atoms with Crippen molar-refractivity contribution in [3.05, 3.63) is 97.6 Å². The van der Waals surface area contributed by atoms with Crippen molar-refractivity contribution in [2.24, 2.45) is 0 Å². The van der Waals surface area contributed by atoms with E-state index in [-0.39, 0.29) is 6.17 Å². The molecule has 0 radical (unpaired) electrons. The molecule has 0 saturated carbocycles. The summed E-state index contributed by atoms with van der Waals surface area (Å²) in [4.78, 5) is 14.5. The van der Waals surface area contributed by atoms with E-state index in [0.29, 0.717) is 0 Å². The predicted molar refractivity (Wildman–Crippen MR) is 138 cm³/mol. The monoisotopic (exact) mass is 424 g/mol. The van der Waals surface area contributed by atoms with E-state index in [2.05, 4.69) is 99.2 Å². The number of aryl methyl sites for hydroxylation is 1. The standard InChI is InChI=1S/C23H20N4.C3H8.C2H4/c1-16-10-6-9-15-21(16)27-17(2)26(18-11-4-3-5-12-18)22-23(27)25-20-14-8-7-13-19(20)24-22;1-3-2;1-2/h3-15,17H,1-2H3;3H2,1-2H3;1-2H2. The summed E-state index contributed by atoms with van der Waals surface area (Å²) >= 11 is 0. The van der Waals surface area contributed by atoms with Crippen LogP contribution in [-0.2, 0) is 0 Å². The van der Waals surface area contributed by atoms with Gasteiger partial charge in [0, 0.05) is 11.4 Å². The Balaban J connectivity index is 0.000000536. The van der Waals surface area contributed by atoms with Crippen LogP contribution in [0.4, 0.5) is 23.0 Å². The molecule has 32 heavy (non-hydrogen) atoms. The number of anilines is 4. The Morgan fingerprint density at radius 1 is 0.719 bits per heavy atom. The Morgan fingerprint density at radius 3 is 1.75 bits per heavy atom. The highest BCUT2D eigenvalue weighted by Gasteiger charge is 2.38. The number of fused-ring (bicyclic) bond motifs is 2. The molecule has 0 aliphatic carbocycles. The van der Waals surface area contributed by atoms with Crippen molar-refractivity contribution in [1.82, 2.24) is 9.97 Å². The molecule has 0 amide bonds. The number of rotatable bonds is 2. The molecule has 0 N–H and O–H groups in total. The van der Waals surface area contributed by atoms with Crippen molar-refractivity contribution in [3.8, 4) is 0 Å². The average molecular weight is 425 g/mol. The second kappa shape index (κ2) is 10.6. The predicted octanol–water partition coefficient (Wildman–Crippen LogP) is 7.79. The summed E-state index contributed by atoms with van der Waals surface area (Å²) in [7, 11) is 0. The van der Waals surface area contributed by atoms with Crippen LogP contribution in [0.15, 0.2) is 92.0 Å². The lowest BCUT2D eigenvalue weighted by atomic mass is 10.2. The molecule has 4 aromatic rings. The van der Waals surface area contributed by atoms with Gasteiger partial charge in [0.05, 0.1) is 11.0 Å². The molecule has 1 unspecified atom stereocenters. The fraction of sp³-hybridized carbons (Fsp3) is 0.214. The van der Waals surface area contributed by atoms with Crippen molar-refractivity contribution in [3.63, 3.8) is 0 Å². The van der Waals surface area contributed by atoms with Crippen LogP contribution in [0.1, 0.15) is 32.8 Å². The summed E-state index contributed by atoms with van der Waals surface area (Å²) < 4.78 is 0. The number of hydrogen-bond donors (Lipinski definition) is 0. The number of nitrogens with zero attached hydrogens (tertiary/aromatic N) is 4. The van der Waals surface area contributed by atoms with E-state index in [1.165, 1.54) is 12.0 Å². The first-order valence-corrected chi connectivity index (χ1v) is 11.1. The maximum atomic E-state index is 5.00. The molecule has 1 aromatic heterocycles. The lowest BCUT2D eigenvalue weighted by molar-refractivity contribution is 0.753. The second-order valence-corrected chi connectivity index (χ2v) is 7.56. The maximum Gasteiger partial charge on any atom is 0.179 e. The molecular formula is C28H32N4. The molecule has 0 spiro atoms. The molecule has 3 aromatic carbocycles. The fourth-order valence-electron chi connectivity index (χ4n) is 3.85. The van der Waals surface area contributed by atoms with Crippen molar-refractivity contribution >= 4 is 34.0 Å². The third-order valence-electron chi connectivity index (χ3n) is 5.15. The number of para-hydroxylation sites is 4. The van der Waals surface area contributed by atoms with E-state index in [1.807, 2.05) is 30.3 Å². The quantitative estimate of drug-likeness (QED) is 0.307. The Labute approximate surface area is 191 Å². The zero-order valence-electron chi connectivity index (χ0n) is 19.5. The van der Waals surface area contributed by atoms with Gasteiger partial charge in [0.25, 0.3) is 0 Å². The molecule has 1 aliphatic heterocycles. The number of aromatic nitrogens is 2. The maximum absolute atomic E-state index is 5.00. The Morgan fingerprint density at radius 2 is 1.19 bits per heavy atom. The van der Waals surface area contributed by atoms with Gasteiger partial charge in [-0.05, 0) is 49.7 Å². The highest BCUT2D eigenvalue weighted by atomic mass is 15.5. The Kier molecular flexibility index (Phi) is 7.61. The van der Waals surface area contributed by atoms with E-state index in [0.717, 1.165) is 34.0 Å². The molecule has 164 valence electrons. The summed E-state index contributed by atoms with van der Waals surface area (Å²) in [6, 6.07) is 26.9. The minimum absolute atomic E-state index is 0.0697. The zero-order chi connectivity index (χ0) is 23.1. The smallest absolute Gasteiger partial charge is 0.179 e. The first-order chi connectivity index (χ1) is 15.7. The lowest BCUT2D eigenvalue weighted by Crippen LogP contribution is -2.35. The molecule has 0 saturated heterocycles. The van der Waals surface area contributed by atoms with Crippen molar-refractivity contribution < 1.29 is 0 Å². The van der Waals surface area contributed by atoms with E-state index in [9.17, 15) is 0 Å². The average Bonchev–Trinajstić information content (AvgIpc) is 3.11. The topological polar surface area (TPSA) is 32.3 Å². The van der Waals surface area contributed by atoms with Crippen LogP contribution in [0.25, 0.3) is 11.0 Å². The molecule has 4 nitrogen and oxygen atoms in total. The van der Waals surface area contributed by atoms with Gasteiger partial charge >= 0.3 is 0 Å². The van der Waals surface area contributed by atoms with Crippen LogP contribution in [0.3, 0.4) is 0 Å². The summed E-state index contributed by atoms with van der Waals surface area (Å²) in [5.41, 5.74) is 5.33. The molecule has 2 heterocycles. The minimum atomic E-state index is 0.0697. The molecule has 5 rings (SSSR count). The summed E-state index contributed by atoms with van der Waals surface area (Å²) in [6.07, 6.45) is 1.32. The number of benzene rings is 3. The Hall–Kier alpha value is -3.66. The van der Waals surface area contributed by atoms with E-state index in [1.54, 1.807) is 0 Å². The van der Waals surface area contributed by atoms with E-state index >= 15 is 0 Å². The van der Waals surface area contributed by atoms with Crippen molar-refractivity contribution in [2.75, 3.05) is 9.80 Å². The fourth-order valence-corrected chi connectivity index (χ4v) is 3.85. The second-order valence-electron chi connectivity index (χ2n) is 7.56. The van der Waals surface area contributed by atoms with Gasteiger partial charge in [-0.25, -0.2) is 9.97 Å². The SMILES string of the molecule is C=C.CCC.Cc1ccccc1N1c2nc3ccccc3nc2N(c2ccccc2)C1C. The van der Waals surface area contributed by atoms with E-state index < -0.39 is 0 Å². The molecule has 1 aliphatic rings. The van der Waals surface area contributed by atoms with Crippen LogP contribution in [0.5, 0.6) is 0 Å². The zero-order valence-corrected chi connectivity index (χ0v) is 19.5.